The smallest absolute Gasteiger partial charge is 0.227 e. The standard InChI is InChI=1S/C15H23N3O3/c1-15(2,14(20)17-3)10-18-13(19)7-8-21-12-6-4-5-11(16)9-12/h4-6,9H,7-8,10,16H2,1-3H3,(H,17,20)(H,18,19). The highest BCUT2D eigenvalue weighted by atomic mass is 16.5. The molecule has 0 atom stereocenters. The number of hydrogen-bond donors (Lipinski definition) is 3. The molecule has 0 saturated heterocycles. The molecular weight excluding hydrogens is 270 g/mol. The molecule has 0 unspecified atom stereocenters. The van der Waals surface area contributed by atoms with Crippen LogP contribution in [0.25, 0.3) is 0 Å². The molecule has 4 N–H and O–H groups in total. The Morgan fingerprint density at radius 3 is 2.67 bits per heavy atom. The van der Waals surface area contributed by atoms with Crippen molar-refractivity contribution in [2.75, 3.05) is 25.9 Å². The van der Waals surface area contributed by atoms with Gasteiger partial charge < -0.3 is 21.1 Å². The second-order valence-corrected chi connectivity index (χ2v) is 5.41. The summed E-state index contributed by atoms with van der Waals surface area (Å²) in [6.07, 6.45) is 0.221. The normalized spacial score (nSPS) is 10.8. The zero-order chi connectivity index (χ0) is 15.9. The van der Waals surface area contributed by atoms with Crippen LogP contribution in [0.1, 0.15) is 20.3 Å². The largest absolute Gasteiger partial charge is 0.493 e. The molecule has 0 aromatic heterocycles. The van der Waals surface area contributed by atoms with Crippen LogP contribution >= 0.6 is 0 Å². The summed E-state index contributed by atoms with van der Waals surface area (Å²) in [6, 6.07) is 7.03. The molecule has 0 aliphatic rings. The predicted octanol–water partition coefficient (Wildman–Crippen LogP) is 0.926. The summed E-state index contributed by atoms with van der Waals surface area (Å²) in [5, 5.41) is 5.30. The van der Waals surface area contributed by atoms with Gasteiger partial charge in [-0.2, -0.15) is 0 Å². The van der Waals surface area contributed by atoms with E-state index in [-0.39, 0.29) is 31.4 Å². The third-order valence-corrected chi connectivity index (χ3v) is 3.03. The first-order chi connectivity index (χ1) is 9.85. The molecule has 6 heteroatoms. The molecule has 0 radical (unpaired) electrons. The number of amides is 2. The van der Waals surface area contributed by atoms with Crippen LogP contribution in [0.5, 0.6) is 5.75 Å². The summed E-state index contributed by atoms with van der Waals surface area (Å²) < 4.78 is 5.44. The number of hydrogen-bond acceptors (Lipinski definition) is 4. The lowest BCUT2D eigenvalue weighted by Crippen LogP contribution is -2.43. The van der Waals surface area contributed by atoms with Crippen molar-refractivity contribution in [3.8, 4) is 5.75 Å². The van der Waals surface area contributed by atoms with Crippen molar-refractivity contribution >= 4 is 17.5 Å². The van der Waals surface area contributed by atoms with Gasteiger partial charge in [0, 0.05) is 25.3 Å². The van der Waals surface area contributed by atoms with Crippen LogP contribution in [0.15, 0.2) is 24.3 Å². The van der Waals surface area contributed by atoms with Crippen molar-refractivity contribution in [2.24, 2.45) is 5.41 Å². The number of benzene rings is 1. The number of anilines is 1. The second-order valence-electron chi connectivity index (χ2n) is 5.41. The summed E-state index contributed by atoms with van der Waals surface area (Å²) in [6.45, 7) is 4.09. The molecule has 0 heterocycles. The first kappa shape index (κ1) is 16.8. The highest BCUT2D eigenvalue weighted by Gasteiger charge is 2.26. The number of carbonyl (C=O) groups excluding carboxylic acids is 2. The summed E-state index contributed by atoms with van der Waals surface area (Å²) in [5.74, 6) is 0.364. The van der Waals surface area contributed by atoms with Crippen molar-refractivity contribution < 1.29 is 14.3 Å². The number of nitrogens with one attached hydrogen (secondary N) is 2. The van der Waals surface area contributed by atoms with Gasteiger partial charge in [0.15, 0.2) is 0 Å². The molecule has 21 heavy (non-hydrogen) atoms. The first-order valence-electron chi connectivity index (χ1n) is 6.82. The molecule has 0 bridgehead atoms. The first-order valence-corrected chi connectivity index (χ1v) is 6.82. The molecule has 0 saturated carbocycles. The van der Waals surface area contributed by atoms with Crippen LogP contribution in [0.3, 0.4) is 0 Å². The molecule has 6 nitrogen and oxygen atoms in total. The van der Waals surface area contributed by atoms with E-state index in [1.807, 2.05) is 0 Å². The maximum atomic E-state index is 11.7. The fraction of sp³-hybridized carbons (Fsp3) is 0.467. The van der Waals surface area contributed by atoms with Gasteiger partial charge in [0.05, 0.1) is 18.4 Å². The Balaban J connectivity index is 2.30. The van der Waals surface area contributed by atoms with E-state index in [1.54, 1.807) is 45.2 Å². The van der Waals surface area contributed by atoms with Gasteiger partial charge >= 0.3 is 0 Å². The van der Waals surface area contributed by atoms with Gasteiger partial charge in [-0.1, -0.05) is 6.07 Å². The monoisotopic (exact) mass is 293 g/mol. The van der Waals surface area contributed by atoms with E-state index >= 15 is 0 Å². The Hall–Kier alpha value is -2.24. The molecule has 0 aliphatic heterocycles. The number of rotatable bonds is 7. The minimum absolute atomic E-state index is 0.112. The third kappa shape index (κ3) is 5.72. The Labute approximate surface area is 125 Å². The molecule has 1 rings (SSSR count). The average molecular weight is 293 g/mol. The van der Waals surface area contributed by atoms with Crippen LogP contribution in [-0.4, -0.2) is 32.0 Å². The van der Waals surface area contributed by atoms with Gasteiger partial charge in [0.2, 0.25) is 11.8 Å². The van der Waals surface area contributed by atoms with Crippen LogP contribution in [0.2, 0.25) is 0 Å². The van der Waals surface area contributed by atoms with E-state index in [0.29, 0.717) is 11.4 Å². The number of nitrogen functional groups attached to an aromatic ring is 1. The Morgan fingerprint density at radius 2 is 2.05 bits per heavy atom. The van der Waals surface area contributed by atoms with Crippen LogP contribution < -0.4 is 21.1 Å². The molecule has 1 aromatic rings. The van der Waals surface area contributed by atoms with Gasteiger partial charge in [-0.3, -0.25) is 9.59 Å². The minimum Gasteiger partial charge on any atom is -0.493 e. The topological polar surface area (TPSA) is 93.5 Å². The van der Waals surface area contributed by atoms with E-state index in [9.17, 15) is 9.59 Å². The van der Waals surface area contributed by atoms with Gasteiger partial charge in [-0.05, 0) is 26.0 Å². The molecular formula is C15H23N3O3. The lowest BCUT2D eigenvalue weighted by Gasteiger charge is -2.22. The average Bonchev–Trinajstić information content (AvgIpc) is 2.44. The van der Waals surface area contributed by atoms with Crippen molar-refractivity contribution in [1.82, 2.24) is 10.6 Å². The third-order valence-electron chi connectivity index (χ3n) is 3.03. The van der Waals surface area contributed by atoms with Crippen molar-refractivity contribution in [2.45, 2.75) is 20.3 Å². The van der Waals surface area contributed by atoms with Gasteiger partial charge in [0.1, 0.15) is 5.75 Å². The Bertz CT molecular complexity index is 501. The number of ether oxygens (including phenoxy) is 1. The highest BCUT2D eigenvalue weighted by Crippen LogP contribution is 2.15. The van der Waals surface area contributed by atoms with Crippen molar-refractivity contribution in [3.05, 3.63) is 24.3 Å². The van der Waals surface area contributed by atoms with Crippen molar-refractivity contribution in [1.29, 1.82) is 0 Å². The van der Waals surface area contributed by atoms with E-state index in [2.05, 4.69) is 10.6 Å². The maximum absolute atomic E-state index is 11.7. The summed E-state index contributed by atoms with van der Waals surface area (Å²) >= 11 is 0. The summed E-state index contributed by atoms with van der Waals surface area (Å²) in [5.41, 5.74) is 5.61. The quantitative estimate of drug-likeness (QED) is 0.652. The SMILES string of the molecule is CNC(=O)C(C)(C)CNC(=O)CCOc1cccc(N)c1. The Morgan fingerprint density at radius 1 is 1.33 bits per heavy atom. The van der Waals surface area contributed by atoms with E-state index in [1.165, 1.54) is 0 Å². The summed E-state index contributed by atoms with van der Waals surface area (Å²) in [7, 11) is 1.57. The predicted molar refractivity (Wildman–Crippen MR) is 81.8 cm³/mol. The molecule has 2 amide bonds. The molecule has 1 aromatic carbocycles. The van der Waals surface area contributed by atoms with Crippen LogP contribution in [0.4, 0.5) is 5.69 Å². The Kier molecular flexibility index (Phi) is 6.02. The van der Waals surface area contributed by atoms with Crippen molar-refractivity contribution in [3.63, 3.8) is 0 Å². The number of carbonyl (C=O) groups is 2. The number of nitrogens with two attached hydrogens (primary N) is 1. The lowest BCUT2D eigenvalue weighted by molar-refractivity contribution is -0.129. The maximum Gasteiger partial charge on any atom is 0.227 e. The fourth-order valence-electron chi connectivity index (χ4n) is 1.69. The van der Waals surface area contributed by atoms with Gasteiger partial charge in [0.25, 0.3) is 0 Å². The van der Waals surface area contributed by atoms with E-state index in [4.69, 9.17) is 10.5 Å². The fourth-order valence-corrected chi connectivity index (χ4v) is 1.69. The van der Waals surface area contributed by atoms with Crippen LogP contribution in [0, 0.1) is 5.41 Å². The molecule has 0 aliphatic carbocycles. The van der Waals surface area contributed by atoms with E-state index < -0.39 is 5.41 Å². The van der Waals surface area contributed by atoms with Gasteiger partial charge in [-0.25, -0.2) is 0 Å². The highest BCUT2D eigenvalue weighted by molar-refractivity contribution is 5.83. The molecule has 0 spiro atoms. The second kappa shape index (κ2) is 7.52. The zero-order valence-corrected chi connectivity index (χ0v) is 12.7. The van der Waals surface area contributed by atoms with Crippen LogP contribution in [-0.2, 0) is 9.59 Å². The molecule has 0 fully saturated rings. The minimum atomic E-state index is -0.640. The molecule has 116 valence electrons. The summed E-state index contributed by atoms with van der Waals surface area (Å²) in [4.78, 5) is 23.3. The van der Waals surface area contributed by atoms with Gasteiger partial charge in [-0.15, -0.1) is 0 Å². The zero-order valence-electron chi connectivity index (χ0n) is 12.7. The lowest BCUT2D eigenvalue weighted by atomic mass is 9.92. The van der Waals surface area contributed by atoms with E-state index in [0.717, 1.165) is 0 Å².